The largest absolute Gasteiger partial charge is 0.416 e. The number of hydrogen-bond acceptors (Lipinski definition) is 4. The van der Waals surface area contributed by atoms with Crippen LogP contribution in [0.5, 0.6) is 0 Å². The molecule has 0 amide bonds. The number of sulfonamides is 1. The van der Waals surface area contributed by atoms with Crippen molar-refractivity contribution < 1.29 is 36.2 Å². The van der Waals surface area contributed by atoms with Crippen LogP contribution in [-0.2, 0) is 22.7 Å². The zero-order valence-corrected chi connectivity index (χ0v) is 16.0. The molecule has 0 radical (unpaired) electrons. The molecule has 0 bridgehead atoms. The maximum Gasteiger partial charge on any atom is 0.416 e. The van der Waals surface area contributed by atoms with Crippen molar-refractivity contribution in [3.8, 4) is 0 Å². The van der Waals surface area contributed by atoms with E-state index in [1.165, 1.54) is 12.1 Å². The third kappa shape index (κ3) is 3.51. The second kappa shape index (κ2) is 6.66. The maximum absolute atomic E-state index is 13.3. The minimum absolute atomic E-state index is 0.0154. The highest BCUT2D eigenvalue weighted by Gasteiger charge is 2.42. The molecule has 1 heterocycles. The molecule has 0 unspecified atom stereocenters. The van der Waals surface area contributed by atoms with Crippen molar-refractivity contribution in [2.24, 2.45) is 0 Å². The molecule has 0 saturated carbocycles. The number of hydrogen-bond donors (Lipinski definition) is 2. The van der Waals surface area contributed by atoms with Gasteiger partial charge in [0.05, 0.1) is 22.7 Å². The van der Waals surface area contributed by atoms with Crippen molar-refractivity contribution in [3.63, 3.8) is 0 Å². The lowest BCUT2D eigenvalue weighted by molar-refractivity contribution is -0.137. The van der Waals surface area contributed by atoms with Gasteiger partial charge < -0.3 is 10.2 Å². The van der Waals surface area contributed by atoms with Crippen LogP contribution in [0.15, 0.2) is 59.5 Å². The molecule has 30 heavy (non-hydrogen) atoms. The first kappa shape index (κ1) is 20.6. The number of allylic oxidation sites excluding steroid dienone is 1. The highest BCUT2D eigenvalue weighted by Crippen LogP contribution is 2.47. The SMILES string of the molecule is O=S1(=O)C2=C(CC(O)(O)C=C2)c2ccc(C(F)(F)F)cc2N1Cc1ccc(F)cc1. The number of rotatable bonds is 2. The van der Waals surface area contributed by atoms with E-state index >= 15 is 0 Å². The Bertz CT molecular complexity index is 1180. The van der Waals surface area contributed by atoms with Gasteiger partial charge in [0.2, 0.25) is 0 Å². The zero-order valence-electron chi connectivity index (χ0n) is 15.2. The normalized spacial score (nSPS) is 19.5. The molecule has 1 aliphatic carbocycles. The van der Waals surface area contributed by atoms with E-state index in [1.807, 2.05) is 0 Å². The molecule has 2 aromatic rings. The summed E-state index contributed by atoms with van der Waals surface area (Å²) in [7, 11) is -4.32. The second-order valence-electron chi connectivity index (χ2n) is 7.10. The van der Waals surface area contributed by atoms with E-state index in [1.54, 1.807) is 0 Å². The fourth-order valence-corrected chi connectivity index (χ4v) is 5.23. The lowest BCUT2D eigenvalue weighted by Crippen LogP contribution is -2.38. The van der Waals surface area contributed by atoms with Crippen LogP contribution in [0.25, 0.3) is 5.57 Å². The van der Waals surface area contributed by atoms with E-state index in [-0.39, 0.29) is 28.3 Å². The topological polar surface area (TPSA) is 77.8 Å². The molecule has 2 N–H and O–H groups in total. The van der Waals surface area contributed by atoms with Crippen LogP contribution in [0.4, 0.5) is 23.2 Å². The van der Waals surface area contributed by atoms with Crippen molar-refractivity contribution >= 4 is 21.3 Å². The number of benzene rings is 2. The van der Waals surface area contributed by atoms with Gasteiger partial charge >= 0.3 is 6.18 Å². The lowest BCUT2D eigenvalue weighted by Gasteiger charge is -2.36. The summed E-state index contributed by atoms with van der Waals surface area (Å²) < 4.78 is 80.4. The summed E-state index contributed by atoms with van der Waals surface area (Å²) in [6.07, 6.45) is -3.26. The van der Waals surface area contributed by atoms with Crippen LogP contribution in [0.2, 0.25) is 0 Å². The summed E-state index contributed by atoms with van der Waals surface area (Å²) in [6.45, 7) is -0.328. The van der Waals surface area contributed by atoms with E-state index < -0.39 is 39.8 Å². The van der Waals surface area contributed by atoms with Crippen LogP contribution < -0.4 is 4.31 Å². The third-order valence-corrected chi connectivity index (χ3v) is 6.81. The van der Waals surface area contributed by atoms with Gasteiger partial charge in [-0.3, -0.25) is 4.31 Å². The van der Waals surface area contributed by atoms with E-state index in [0.717, 1.165) is 46.8 Å². The Morgan fingerprint density at radius 2 is 1.73 bits per heavy atom. The molecule has 0 saturated heterocycles. The first-order valence-corrected chi connectivity index (χ1v) is 10.2. The molecular formula is C20H15F4NO4S. The number of anilines is 1. The molecule has 0 fully saturated rings. The molecule has 10 heteroatoms. The number of nitrogens with zero attached hydrogens (tertiary/aromatic N) is 1. The summed E-state index contributed by atoms with van der Waals surface area (Å²) in [5, 5.41) is 19.9. The zero-order chi connectivity index (χ0) is 21.9. The maximum atomic E-state index is 13.3. The van der Waals surface area contributed by atoms with E-state index in [9.17, 15) is 36.2 Å². The number of aliphatic hydroxyl groups is 2. The van der Waals surface area contributed by atoms with Gasteiger partial charge in [0.1, 0.15) is 5.82 Å². The molecule has 2 aliphatic rings. The minimum Gasteiger partial charge on any atom is -0.362 e. The Morgan fingerprint density at radius 1 is 1.07 bits per heavy atom. The average molecular weight is 441 g/mol. The molecule has 1 aliphatic heterocycles. The van der Waals surface area contributed by atoms with Crippen LogP contribution >= 0.6 is 0 Å². The fraction of sp³-hybridized carbons (Fsp3) is 0.200. The van der Waals surface area contributed by atoms with Gasteiger partial charge in [-0.05, 0) is 47.6 Å². The Kier molecular flexibility index (Phi) is 4.57. The molecule has 0 atom stereocenters. The standard InChI is InChI=1S/C20H15F4NO4S/c21-14-4-1-12(2-5-14)11-25-17-9-13(20(22,23)24)3-6-15(17)16-10-19(26,27)8-7-18(16)30(25,28)29/h1-9,26-27H,10-11H2. The van der Waals surface area contributed by atoms with Crippen molar-refractivity contribution in [2.75, 3.05) is 4.31 Å². The summed E-state index contributed by atoms with van der Waals surface area (Å²) in [5.41, 5.74) is -0.756. The van der Waals surface area contributed by atoms with Crippen molar-refractivity contribution in [1.82, 2.24) is 0 Å². The highest BCUT2D eigenvalue weighted by molar-refractivity contribution is 7.97. The predicted octanol–water partition coefficient (Wildman–Crippen LogP) is 3.55. The fourth-order valence-electron chi connectivity index (χ4n) is 3.53. The van der Waals surface area contributed by atoms with Crippen LogP contribution in [0.1, 0.15) is 23.1 Å². The molecule has 0 aromatic heterocycles. The van der Waals surface area contributed by atoms with Gasteiger partial charge in [-0.15, -0.1) is 0 Å². The number of alkyl halides is 3. The quantitative estimate of drug-likeness (QED) is 0.552. The first-order chi connectivity index (χ1) is 13.9. The van der Waals surface area contributed by atoms with Crippen molar-refractivity contribution in [3.05, 3.63) is 82.0 Å². The predicted molar refractivity (Wildman–Crippen MR) is 101 cm³/mol. The van der Waals surface area contributed by atoms with Gasteiger partial charge in [-0.2, -0.15) is 13.2 Å². The van der Waals surface area contributed by atoms with Gasteiger partial charge in [0, 0.05) is 12.0 Å². The number of halogens is 4. The average Bonchev–Trinajstić information content (AvgIpc) is 2.64. The van der Waals surface area contributed by atoms with E-state index in [4.69, 9.17) is 0 Å². The van der Waals surface area contributed by atoms with Crippen molar-refractivity contribution in [2.45, 2.75) is 24.9 Å². The minimum atomic E-state index is -4.71. The number of fused-ring (bicyclic) bond motifs is 2. The third-order valence-electron chi connectivity index (χ3n) is 4.96. The molecule has 0 spiro atoms. The second-order valence-corrected chi connectivity index (χ2v) is 8.93. The molecule has 4 rings (SSSR count). The van der Waals surface area contributed by atoms with Crippen LogP contribution in [0, 0.1) is 5.82 Å². The van der Waals surface area contributed by atoms with Crippen molar-refractivity contribution in [1.29, 1.82) is 0 Å². The monoisotopic (exact) mass is 441 g/mol. The summed E-state index contributed by atoms with van der Waals surface area (Å²) in [5.74, 6) is -2.87. The van der Waals surface area contributed by atoms with Gasteiger partial charge in [0.15, 0.2) is 5.79 Å². The summed E-state index contributed by atoms with van der Waals surface area (Å²) in [4.78, 5) is -0.226. The molecule has 158 valence electrons. The van der Waals surface area contributed by atoms with Gasteiger partial charge in [-0.1, -0.05) is 18.2 Å². The summed E-state index contributed by atoms with van der Waals surface area (Å²) in [6, 6.07) is 7.57. The molecule has 2 aromatic carbocycles. The van der Waals surface area contributed by atoms with Gasteiger partial charge in [-0.25, -0.2) is 12.8 Å². The highest BCUT2D eigenvalue weighted by atomic mass is 32.2. The van der Waals surface area contributed by atoms with E-state index in [0.29, 0.717) is 5.56 Å². The molecular weight excluding hydrogens is 426 g/mol. The first-order valence-electron chi connectivity index (χ1n) is 8.74. The van der Waals surface area contributed by atoms with Crippen LogP contribution in [-0.4, -0.2) is 24.4 Å². The van der Waals surface area contributed by atoms with E-state index in [2.05, 4.69) is 0 Å². The molecule has 5 nitrogen and oxygen atoms in total. The Hall–Kier alpha value is -2.69. The smallest absolute Gasteiger partial charge is 0.362 e. The van der Waals surface area contributed by atoms with Crippen LogP contribution in [0.3, 0.4) is 0 Å². The lowest BCUT2D eigenvalue weighted by atomic mass is 9.91. The Balaban J connectivity index is 1.92. The Morgan fingerprint density at radius 3 is 2.37 bits per heavy atom. The van der Waals surface area contributed by atoms with Gasteiger partial charge in [0.25, 0.3) is 10.0 Å². The summed E-state index contributed by atoms with van der Waals surface area (Å²) >= 11 is 0. The Labute approximate surface area is 169 Å².